The van der Waals surface area contributed by atoms with Crippen molar-refractivity contribution in [2.24, 2.45) is 0 Å². The fourth-order valence-electron chi connectivity index (χ4n) is 1.33. The van der Waals surface area contributed by atoms with E-state index in [0.717, 1.165) is 0 Å². The predicted molar refractivity (Wildman–Crippen MR) is 76.2 cm³/mol. The van der Waals surface area contributed by atoms with Gasteiger partial charge in [-0.05, 0) is 19.1 Å². The molecule has 0 aliphatic carbocycles. The highest BCUT2D eigenvalue weighted by Crippen LogP contribution is 2.27. The first-order valence-corrected chi connectivity index (χ1v) is 6.67. The number of halogens is 2. The number of carbonyl (C=O) groups is 2. The Kier molecular flexibility index (Phi) is 6.61. The van der Waals surface area contributed by atoms with Crippen molar-refractivity contribution in [1.82, 2.24) is 4.90 Å². The Morgan fingerprint density at radius 1 is 1.30 bits per heavy atom. The molecule has 0 radical (unpaired) electrons. The number of hydrogen-bond donors (Lipinski definition) is 0. The molecule has 0 saturated heterocycles. The molecule has 7 heteroatoms. The van der Waals surface area contributed by atoms with Crippen molar-refractivity contribution in [1.29, 1.82) is 0 Å². The van der Waals surface area contributed by atoms with Gasteiger partial charge in [0.1, 0.15) is 12.3 Å². The summed E-state index contributed by atoms with van der Waals surface area (Å²) in [5.41, 5.74) is 0. The maximum Gasteiger partial charge on any atom is 0.325 e. The second-order valence-electron chi connectivity index (χ2n) is 3.92. The van der Waals surface area contributed by atoms with Gasteiger partial charge in [0.05, 0.1) is 11.6 Å². The van der Waals surface area contributed by atoms with Crippen molar-refractivity contribution < 1.29 is 19.1 Å². The average Bonchev–Trinajstić information content (AvgIpc) is 2.39. The van der Waals surface area contributed by atoms with Crippen molar-refractivity contribution in [2.45, 2.75) is 6.92 Å². The number of esters is 1. The minimum Gasteiger partial charge on any atom is -0.482 e. The number of hydrogen-bond acceptors (Lipinski definition) is 4. The van der Waals surface area contributed by atoms with Gasteiger partial charge in [0.2, 0.25) is 0 Å². The molecule has 0 N–H and O–H groups in total. The molecule has 0 atom stereocenters. The van der Waals surface area contributed by atoms with E-state index in [4.69, 9.17) is 32.7 Å². The van der Waals surface area contributed by atoms with Gasteiger partial charge in [-0.2, -0.15) is 0 Å². The highest BCUT2D eigenvalue weighted by atomic mass is 35.5. The minimum absolute atomic E-state index is 0.126. The monoisotopic (exact) mass is 319 g/mol. The molecule has 0 unspecified atom stereocenters. The third kappa shape index (κ3) is 5.27. The Balaban J connectivity index is 2.50. The van der Waals surface area contributed by atoms with Gasteiger partial charge in [-0.15, -0.1) is 0 Å². The summed E-state index contributed by atoms with van der Waals surface area (Å²) < 4.78 is 10.0. The number of ether oxygens (including phenoxy) is 2. The van der Waals surface area contributed by atoms with Crippen LogP contribution in [0, 0.1) is 0 Å². The first-order chi connectivity index (χ1) is 9.43. The molecule has 0 bridgehead atoms. The summed E-state index contributed by atoms with van der Waals surface area (Å²) in [6.07, 6.45) is 0. The molecule has 0 spiro atoms. The summed E-state index contributed by atoms with van der Waals surface area (Å²) in [6.45, 7) is 1.61. The van der Waals surface area contributed by atoms with Crippen molar-refractivity contribution >= 4 is 35.1 Å². The lowest BCUT2D eigenvalue weighted by atomic mass is 10.3. The zero-order chi connectivity index (χ0) is 15.1. The van der Waals surface area contributed by atoms with Crippen LogP contribution in [0.15, 0.2) is 18.2 Å². The topological polar surface area (TPSA) is 55.8 Å². The van der Waals surface area contributed by atoms with Crippen LogP contribution in [0.1, 0.15) is 6.92 Å². The van der Waals surface area contributed by atoms with Gasteiger partial charge in [0, 0.05) is 18.1 Å². The van der Waals surface area contributed by atoms with Crippen molar-refractivity contribution in [3.63, 3.8) is 0 Å². The van der Waals surface area contributed by atoms with Gasteiger partial charge in [-0.25, -0.2) is 0 Å². The van der Waals surface area contributed by atoms with Crippen LogP contribution in [0.2, 0.25) is 10.0 Å². The van der Waals surface area contributed by atoms with E-state index >= 15 is 0 Å². The van der Waals surface area contributed by atoms with Gasteiger partial charge >= 0.3 is 5.97 Å². The molecule has 5 nitrogen and oxygen atoms in total. The standard InChI is InChI=1S/C13H15Cl2NO4/c1-3-19-13(18)7-16(2)12(17)8-20-11-6-9(14)4-5-10(11)15/h4-6H,3,7-8H2,1-2H3. The first-order valence-electron chi connectivity index (χ1n) is 5.91. The Morgan fingerprint density at radius 2 is 2.00 bits per heavy atom. The first kappa shape index (κ1) is 16.6. The Hall–Kier alpha value is -1.46. The zero-order valence-corrected chi connectivity index (χ0v) is 12.7. The summed E-state index contributed by atoms with van der Waals surface area (Å²) in [5.74, 6) is -0.518. The van der Waals surface area contributed by atoms with E-state index < -0.39 is 5.97 Å². The van der Waals surface area contributed by atoms with Gasteiger partial charge in [-0.1, -0.05) is 23.2 Å². The van der Waals surface area contributed by atoms with Crippen LogP contribution in [0.4, 0.5) is 0 Å². The number of carbonyl (C=O) groups excluding carboxylic acids is 2. The highest BCUT2D eigenvalue weighted by Gasteiger charge is 2.15. The predicted octanol–water partition coefficient (Wildman–Crippen LogP) is 2.39. The molecule has 1 rings (SSSR count). The summed E-state index contributed by atoms with van der Waals surface area (Å²) in [7, 11) is 1.49. The van der Waals surface area contributed by atoms with Gasteiger partial charge in [0.25, 0.3) is 5.91 Å². The maximum absolute atomic E-state index is 11.8. The number of nitrogens with zero attached hydrogens (tertiary/aromatic N) is 1. The SMILES string of the molecule is CCOC(=O)CN(C)C(=O)COc1cc(Cl)ccc1Cl. The molecule has 0 fully saturated rings. The smallest absolute Gasteiger partial charge is 0.325 e. The van der Waals surface area contributed by atoms with Crippen LogP contribution < -0.4 is 4.74 Å². The largest absolute Gasteiger partial charge is 0.482 e. The molecule has 0 heterocycles. The number of rotatable bonds is 6. The van der Waals surface area contributed by atoms with Crippen LogP contribution in [-0.2, 0) is 14.3 Å². The molecule has 0 aromatic heterocycles. The Bertz CT molecular complexity index is 493. The Labute approximate surface area is 127 Å². The van der Waals surface area contributed by atoms with E-state index in [1.165, 1.54) is 18.0 Å². The normalized spacial score (nSPS) is 10.0. The van der Waals surface area contributed by atoms with Gasteiger partial charge < -0.3 is 14.4 Å². The number of amides is 1. The maximum atomic E-state index is 11.8. The van der Waals surface area contributed by atoms with E-state index in [9.17, 15) is 9.59 Å². The lowest BCUT2D eigenvalue weighted by Gasteiger charge is -2.16. The molecule has 0 aliphatic rings. The summed E-state index contributed by atoms with van der Waals surface area (Å²) in [5, 5.41) is 0.812. The summed E-state index contributed by atoms with van der Waals surface area (Å²) in [6, 6.07) is 4.71. The van der Waals surface area contributed by atoms with Crippen molar-refractivity contribution in [3.05, 3.63) is 28.2 Å². The van der Waals surface area contributed by atoms with Crippen molar-refractivity contribution in [2.75, 3.05) is 26.8 Å². The fourth-order valence-corrected chi connectivity index (χ4v) is 1.66. The van der Waals surface area contributed by atoms with Gasteiger partial charge in [0.15, 0.2) is 6.61 Å². The van der Waals surface area contributed by atoms with Crippen LogP contribution in [-0.4, -0.2) is 43.6 Å². The molecular formula is C13H15Cl2NO4. The molecule has 0 aliphatic heterocycles. The van der Waals surface area contributed by atoms with E-state index in [1.807, 2.05) is 0 Å². The van der Waals surface area contributed by atoms with Crippen LogP contribution >= 0.6 is 23.2 Å². The average molecular weight is 320 g/mol. The quantitative estimate of drug-likeness (QED) is 0.755. The van der Waals surface area contributed by atoms with E-state index in [1.54, 1.807) is 19.1 Å². The Morgan fingerprint density at radius 3 is 2.65 bits per heavy atom. The summed E-state index contributed by atoms with van der Waals surface area (Å²) in [4.78, 5) is 24.2. The molecule has 1 aromatic rings. The molecular weight excluding hydrogens is 305 g/mol. The number of likely N-dealkylation sites (N-methyl/N-ethyl adjacent to an activating group) is 1. The zero-order valence-electron chi connectivity index (χ0n) is 11.2. The molecule has 110 valence electrons. The third-order valence-corrected chi connectivity index (χ3v) is 2.89. The third-order valence-electron chi connectivity index (χ3n) is 2.34. The lowest BCUT2D eigenvalue weighted by Crippen LogP contribution is -2.36. The summed E-state index contributed by atoms with van der Waals surface area (Å²) >= 11 is 11.7. The van der Waals surface area contributed by atoms with Crippen LogP contribution in [0.25, 0.3) is 0 Å². The van der Waals surface area contributed by atoms with Crippen LogP contribution in [0.5, 0.6) is 5.75 Å². The molecule has 0 saturated carbocycles. The van der Waals surface area contributed by atoms with Gasteiger partial charge in [-0.3, -0.25) is 9.59 Å². The fraction of sp³-hybridized carbons (Fsp3) is 0.385. The second kappa shape index (κ2) is 7.97. The van der Waals surface area contributed by atoms with Crippen LogP contribution in [0.3, 0.4) is 0 Å². The highest BCUT2D eigenvalue weighted by molar-refractivity contribution is 6.34. The van der Waals surface area contributed by atoms with E-state index in [0.29, 0.717) is 15.8 Å². The molecule has 20 heavy (non-hydrogen) atoms. The molecule has 1 aromatic carbocycles. The lowest BCUT2D eigenvalue weighted by molar-refractivity contribution is -0.148. The van der Waals surface area contributed by atoms with Crippen molar-refractivity contribution in [3.8, 4) is 5.75 Å². The minimum atomic E-state index is -0.468. The number of benzene rings is 1. The second-order valence-corrected chi connectivity index (χ2v) is 4.76. The van der Waals surface area contributed by atoms with E-state index in [-0.39, 0.29) is 25.7 Å². The molecule has 1 amide bonds. The van der Waals surface area contributed by atoms with E-state index in [2.05, 4.69) is 0 Å².